The van der Waals surface area contributed by atoms with Crippen molar-refractivity contribution in [2.45, 2.75) is 37.0 Å². The van der Waals surface area contributed by atoms with Crippen LogP contribution in [0.3, 0.4) is 0 Å². The normalized spacial score (nSPS) is 17.3. The van der Waals surface area contributed by atoms with E-state index in [4.69, 9.17) is 11.6 Å². The maximum absolute atomic E-state index is 13.8. The number of sulfonamides is 1. The number of hydrogen-bond acceptors (Lipinski definition) is 2. The average molecular weight is 639 g/mol. The molecule has 144 valence electrons. The molecule has 3 rings (SSSR count). The van der Waals surface area contributed by atoms with Crippen molar-refractivity contribution in [3.8, 4) is 0 Å². The molecule has 4 nitrogen and oxygen atoms in total. The van der Waals surface area contributed by atoms with Gasteiger partial charge in [0, 0.05) is 23.6 Å². The van der Waals surface area contributed by atoms with Crippen molar-refractivity contribution in [1.29, 1.82) is 0 Å². The first-order valence-corrected chi connectivity index (χ1v) is 9.40. The van der Waals surface area contributed by atoms with E-state index in [9.17, 15) is 21.6 Å². The summed E-state index contributed by atoms with van der Waals surface area (Å²) < 4.78 is 68.1. The van der Waals surface area contributed by atoms with Crippen LogP contribution in [-0.2, 0) is 22.9 Å². The fraction of sp³-hybridized carbons (Fsp3) is 0.375. The number of H-pyrrole nitrogens is 1. The van der Waals surface area contributed by atoms with Crippen LogP contribution in [0, 0.1) is 17.8 Å². The Bertz CT molecular complexity index is 913. The first-order chi connectivity index (χ1) is 11.6. The predicted molar refractivity (Wildman–Crippen MR) is 88.0 cm³/mol. The average Bonchev–Trinajstić information content (AvgIpc) is 2.93. The molecular weight excluding hydrogens is 624 g/mol. The molecule has 1 atom stereocenters. The summed E-state index contributed by atoms with van der Waals surface area (Å²) in [6, 6.07) is 4.45. The third kappa shape index (κ3) is 3.62. The van der Waals surface area contributed by atoms with Gasteiger partial charge < -0.3 is 9.71 Å². The van der Waals surface area contributed by atoms with E-state index in [1.165, 1.54) is 6.20 Å². The zero-order valence-electron chi connectivity index (χ0n) is 13.5. The van der Waals surface area contributed by atoms with E-state index in [1.807, 2.05) is 0 Å². The SMILES string of the molecule is CC(F)(F)C1CCc2c(S(=O)(=O)Nc3cc(Cl)[c-]cc3F)c[nH]c2C1.[Cm]. The summed E-state index contributed by atoms with van der Waals surface area (Å²) in [5.74, 6) is -4.49. The predicted octanol–water partition coefficient (Wildman–Crippen LogP) is 4.17. The second-order valence-corrected chi connectivity index (χ2v) is 8.21. The minimum atomic E-state index is -4.08. The molecule has 26 heavy (non-hydrogen) atoms. The summed E-state index contributed by atoms with van der Waals surface area (Å²) >= 11 is 5.71. The van der Waals surface area contributed by atoms with Gasteiger partial charge in [0.2, 0.25) is 5.92 Å². The largest absolute Gasteiger partial charge is 0.363 e. The summed E-state index contributed by atoms with van der Waals surface area (Å²) in [6.07, 6.45) is 1.69. The second kappa shape index (κ2) is 6.57. The van der Waals surface area contributed by atoms with Gasteiger partial charge >= 0.3 is 0 Å². The third-order valence-corrected chi connectivity index (χ3v) is 6.00. The van der Waals surface area contributed by atoms with Gasteiger partial charge in [0.25, 0.3) is 10.0 Å². The Morgan fingerprint density at radius 1 is 1.42 bits per heavy atom. The van der Waals surface area contributed by atoms with Crippen LogP contribution in [0.5, 0.6) is 0 Å². The van der Waals surface area contributed by atoms with Crippen molar-refractivity contribution < 1.29 is 21.6 Å². The van der Waals surface area contributed by atoms with Crippen LogP contribution in [-0.4, -0.2) is 19.3 Å². The van der Waals surface area contributed by atoms with E-state index >= 15 is 0 Å². The molecule has 2 aromatic rings. The van der Waals surface area contributed by atoms with Crippen LogP contribution in [0.15, 0.2) is 23.2 Å². The van der Waals surface area contributed by atoms with Gasteiger partial charge in [-0.25, -0.2) is 17.2 Å². The number of nitrogens with one attached hydrogen (secondary N) is 2. The minimum Gasteiger partial charge on any atom is -0.363 e. The van der Waals surface area contributed by atoms with Crippen LogP contribution in [0.2, 0.25) is 5.02 Å². The first-order valence-electron chi connectivity index (χ1n) is 7.54. The van der Waals surface area contributed by atoms with E-state index < -0.39 is 27.7 Å². The second-order valence-electron chi connectivity index (χ2n) is 6.15. The molecule has 0 radical (unpaired) electrons. The number of aromatic nitrogens is 1. The van der Waals surface area contributed by atoms with Crippen LogP contribution in [0.25, 0.3) is 0 Å². The number of alkyl halides is 2. The molecule has 1 heterocycles. The summed E-state index contributed by atoms with van der Waals surface area (Å²) in [5.41, 5.74) is 0.632. The third-order valence-electron chi connectivity index (χ3n) is 4.35. The number of benzene rings is 1. The van der Waals surface area contributed by atoms with Gasteiger partial charge in [-0.05, 0) is 37.4 Å². The number of halogens is 4. The summed E-state index contributed by atoms with van der Waals surface area (Å²) in [4.78, 5) is 2.70. The summed E-state index contributed by atoms with van der Waals surface area (Å²) in [5, 5.41) is 0.0585. The molecule has 1 aromatic heterocycles. The molecule has 1 aliphatic carbocycles. The fourth-order valence-corrected chi connectivity index (χ4v) is 4.48. The van der Waals surface area contributed by atoms with Crippen molar-refractivity contribution >= 4 is 27.3 Å². The number of hydrogen-bond donors (Lipinski definition) is 2. The Morgan fingerprint density at radius 2 is 2.12 bits per heavy atom. The topological polar surface area (TPSA) is 62.0 Å². The van der Waals surface area contributed by atoms with E-state index in [1.54, 1.807) is 0 Å². The molecule has 2 N–H and O–H groups in total. The van der Waals surface area contributed by atoms with Crippen molar-refractivity contribution in [3.05, 3.63) is 46.5 Å². The van der Waals surface area contributed by atoms with Gasteiger partial charge in [0.1, 0.15) is 4.90 Å². The van der Waals surface area contributed by atoms with Gasteiger partial charge in [-0.15, -0.1) is 23.7 Å². The van der Waals surface area contributed by atoms with Crippen molar-refractivity contribution in [3.63, 3.8) is 0 Å². The molecule has 1 aliphatic rings. The van der Waals surface area contributed by atoms with Gasteiger partial charge in [-0.3, -0.25) is 4.39 Å². The molecule has 0 bridgehead atoms. The van der Waals surface area contributed by atoms with E-state index in [0.717, 1.165) is 19.1 Å². The maximum atomic E-state index is 13.8. The number of rotatable bonds is 4. The molecule has 0 spiro atoms. The quantitative estimate of drug-likeness (QED) is 0.495. The smallest absolute Gasteiger partial charge is 0.261 e. The number of anilines is 1. The first kappa shape index (κ1) is 19.7. The molecule has 0 aliphatic heterocycles. The van der Waals surface area contributed by atoms with E-state index in [2.05, 4.69) is 15.8 Å². The van der Waals surface area contributed by atoms with Crippen molar-refractivity contribution in [1.82, 2.24) is 4.98 Å². The van der Waals surface area contributed by atoms with Gasteiger partial charge in [0.15, 0.2) is 0 Å². The minimum absolute atomic E-state index is 0. The van der Waals surface area contributed by atoms with E-state index in [-0.39, 0.29) is 34.9 Å². The Hall–Kier alpha value is -2.67. The molecular formula is C16H15ClCmF3N2O2S-. The maximum Gasteiger partial charge on any atom is 0.261 e. The van der Waals surface area contributed by atoms with Crippen LogP contribution in [0.1, 0.15) is 24.6 Å². The summed E-state index contributed by atoms with van der Waals surface area (Å²) in [6.45, 7) is 0.865. The Balaban J connectivity index is 0.00000243. The Morgan fingerprint density at radius 3 is 2.77 bits per heavy atom. The fourth-order valence-electron chi connectivity index (χ4n) is 3.00. The number of aromatic amines is 1. The molecule has 1 aromatic carbocycles. The van der Waals surface area contributed by atoms with Gasteiger partial charge in [-0.1, -0.05) is 5.02 Å². The number of fused-ring (bicyclic) bond motifs is 1. The summed E-state index contributed by atoms with van der Waals surface area (Å²) in [7, 11) is -4.08. The monoisotopic (exact) mass is 634 g/mol. The standard InChI is InChI=1S/C16H15ClF3N2O2S.Cm/c1-16(19,20)9-2-4-11-13(6-9)21-8-15(11)25(23,24)22-14-7-10(17)3-5-12(14)18;/h5,7-9,21-22H,2,4,6H2,1H3;/q-1;. The van der Waals surface area contributed by atoms with Gasteiger partial charge in [0.05, 0.1) is 0 Å². The zero-order chi connectivity index (χ0) is 18.4. The van der Waals surface area contributed by atoms with E-state index in [0.29, 0.717) is 11.3 Å². The Kier molecular flexibility index (Phi) is 4.96. The van der Waals surface area contributed by atoms with Crippen molar-refractivity contribution in [2.24, 2.45) is 5.92 Å². The molecule has 0 saturated carbocycles. The van der Waals surface area contributed by atoms with Gasteiger partial charge in [-0.2, -0.15) is 6.07 Å². The zero-order valence-corrected chi connectivity index (χ0v) is 18.0. The molecule has 0 saturated heterocycles. The molecule has 1 unspecified atom stereocenters. The molecule has 10 heteroatoms. The van der Waals surface area contributed by atoms with Crippen molar-refractivity contribution in [2.75, 3.05) is 4.72 Å². The molecule has 0 amide bonds. The van der Waals surface area contributed by atoms with Crippen LogP contribution in [0.4, 0.5) is 18.9 Å². The van der Waals surface area contributed by atoms with Crippen LogP contribution >= 0.6 is 11.6 Å². The Labute approximate surface area is 148 Å². The molecule has 0 fully saturated rings. The van der Waals surface area contributed by atoms with Crippen LogP contribution < -0.4 is 4.72 Å².